The third-order valence-electron chi connectivity index (χ3n) is 3.73. The Hall–Kier alpha value is -1.02. The number of rotatable bonds is 5. The minimum Gasteiger partial charge on any atom is -0.394 e. The van der Waals surface area contributed by atoms with Crippen LogP contribution in [-0.4, -0.2) is 24.8 Å². The fourth-order valence-electron chi connectivity index (χ4n) is 2.32. The van der Waals surface area contributed by atoms with Gasteiger partial charge < -0.3 is 10.0 Å². The molecule has 2 nitrogen and oxygen atoms in total. The number of likely N-dealkylation sites (N-methyl/N-ethyl adjacent to an activating group) is 1. The van der Waals surface area contributed by atoms with Crippen LogP contribution < -0.4 is 4.90 Å². The van der Waals surface area contributed by atoms with Crippen LogP contribution in [0.2, 0.25) is 0 Å². The van der Waals surface area contributed by atoms with Crippen LogP contribution in [0.5, 0.6) is 0 Å². The number of hydrogen-bond acceptors (Lipinski definition) is 2. The van der Waals surface area contributed by atoms with Gasteiger partial charge in [-0.05, 0) is 36.0 Å². The highest BCUT2D eigenvalue weighted by Crippen LogP contribution is 2.27. The summed E-state index contributed by atoms with van der Waals surface area (Å²) in [5.41, 5.74) is 3.85. The average Bonchev–Trinajstić information content (AvgIpc) is 2.29. The molecule has 0 saturated carbocycles. The van der Waals surface area contributed by atoms with Crippen LogP contribution in [0, 0.1) is 12.8 Å². The van der Waals surface area contributed by atoms with Gasteiger partial charge in [0.25, 0.3) is 0 Å². The van der Waals surface area contributed by atoms with Gasteiger partial charge in [-0.25, -0.2) is 0 Å². The lowest BCUT2D eigenvalue weighted by atomic mass is 9.98. The lowest BCUT2D eigenvalue weighted by Crippen LogP contribution is -2.39. The van der Waals surface area contributed by atoms with Crippen molar-refractivity contribution < 1.29 is 5.11 Å². The van der Waals surface area contributed by atoms with Crippen molar-refractivity contribution in [1.29, 1.82) is 0 Å². The maximum atomic E-state index is 9.56. The molecule has 0 aromatic heterocycles. The maximum absolute atomic E-state index is 9.56. The summed E-state index contributed by atoms with van der Waals surface area (Å²) in [4.78, 5) is 2.21. The first-order valence-electron chi connectivity index (χ1n) is 6.82. The molecule has 1 aromatic carbocycles. The summed E-state index contributed by atoms with van der Waals surface area (Å²) in [5, 5.41) is 9.56. The van der Waals surface area contributed by atoms with Gasteiger partial charge in [0, 0.05) is 12.7 Å². The first-order chi connectivity index (χ1) is 8.38. The molecule has 0 aliphatic heterocycles. The molecule has 0 spiro atoms. The van der Waals surface area contributed by atoms with E-state index in [9.17, 15) is 5.11 Å². The molecular weight excluding hydrogens is 222 g/mol. The van der Waals surface area contributed by atoms with E-state index in [1.807, 2.05) is 0 Å². The van der Waals surface area contributed by atoms with Crippen LogP contribution in [0.15, 0.2) is 18.2 Å². The van der Waals surface area contributed by atoms with Crippen molar-refractivity contribution >= 4 is 5.69 Å². The van der Waals surface area contributed by atoms with Crippen LogP contribution in [0.1, 0.15) is 44.7 Å². The Balaban J connectivity index is 3.10. The standard InChI is InChI=1S/C16H27NO/c1-11(2)14-8-7-13(5)15(9-14)17(6)16(10-18)12(3)4/h7-9,11-12,16,18H,10H2,1-6H3. The second kappa shape index (κ2) is 6.24. The van der Waals surface area contributed by atoms with Crippen molar-refractivity contribution in [2.24, 2.45) is 5.92 Å². The van der Waals surface area contributed by atoms with E-state index in [1.54, 1.807) is 0 Å². The van der Waals surface area contributed by atoms with E-state index in [4.69, 9.17) is 0 Å². The zero-order valence-corrected chi connectivity index (χ0v) is 12.6. The Morgan fingerprint density at radius 2 is 1.78 bits per heavy atom. The SMILES string of the molecule is Cc1ccc(C(C)C)cc1N(C)C(CO)C(C)C. The third kappa shape index (κ3) is 3.26. The van der Waals surface area contributed by atoms with E-state index in [0.29, 0.717) is 11.8 Å². The quantitative estimate of drug-likeness (QED) is 0.862. The van der Waals surface area contributed by atoms with Gasteiger partial charge in [-0.1, -0.05) is 39.8 Å². The highest BCUT2D eigenvalue weighted by atomic mass is 16.3. The minimum absolute atomic E-state index is 0.172. The number of benzene rings is 1. The van der Waals surface area contributed by atoms with Crippen molar-refractivity contribution in [1.82, 2.24) is 0 Å². The van der Waals surface area contributed by atoms with Gasteiger partial charge in [-0.2, -0.15) is 0 Å². The van der Waals surface area contributed by atoms with Crippen molar-refractivity contribution in [3.63, 3.8) is 0 Å². The number of hydrogen-bond donors (Lipinski definition) is 1. The second-order valence-electron chi connectivity index (χ2n) is 5.81. The molecule has 1 atom stereocenters. The summed E-state index contributed by atoms with van der Waals surface area (Å²) in [6.45, 7) is 11.0. The molecule has 0 radical (unpaired) electrons. The van der Waals surface area contributed by atoms with Gasteiger partial charge in [-0.3, -0.25) is 0 Å². The summed E-state index contributed by atoms with van der Waals surface area (Å²) in [5.74, 6) is 0.964. The Bertz CT molecular complexity index is 385. The van der Waals surface area contributed by atoms with Crippen LogP contribution >= 0.6 is 0 Å². The number of aryl methyl sites for hydroxylation is 1. The first kappa shape index (κ1) is 15.0. The highest BCUT2D eigenvalue weighted by molar-refractivity contribution is 5.55. The van der Waals surface area contributed by atoms with E-state index in [2.05, 4.69) is 64.8 Å². The van der Waals surface area contributed by atoms with Crippen LogP contribution in [0.3, 0.4) is 0 Å². The van der Waals surface area contributed by atoms with Crippen LogP contribution in [0.4, 0.5) is 5.69 Å². The fourth-order valence-corrected chi connectivity index (χ4v) is 2.32. The Morgan fingerprint density at radius 1 is 1.17 bits per heavy atom. The highest BCUT2D eigenvalue weighted by Gasteiger charge is 2.19. The van der Waals surface area contributed by atoms with Crippen LogP contribution in [0.25, 0.3) is 0 Å². The summed E-state index contributed by atoms with van der Waals surface area (Å²) < 4.78 is 0. The molecular formula is C16H27NO. The lowest BCUT2D eigenvalue weighted by molar-refractivity contribution is 0.234. The maximum Gasteiger partial charge on any atom is 0.0637 e. The smallest absolute Gasteiger partial charge is 0.0637 e. The normalized spacial score (nSPS) is 13.2. The van der Waals surface area contributed by atoms with Gasteiger partial charge in [0.15, 0.2) is 0 Å². The third-order valence-corrected chi connectivity index (χ3v) is 3.73. The summed E-state index contributed by atoms with van der Waals surface area (Å²) in [6.07, 6.45) is 0. The molecule has 18 heavy (non-hydrogen) atoms. The minimum atomic E-state index is 0.172. The zero-order chi connectivity index (χ0) is 13.9. The Kier molecular flexibility index (Phi) is 5.21. The molecule has 1 N–H and O–H groups in total. The summed E-state index contributed by atoms with van der Waals surface area (Å²) in [6, 6.07) is 6.80. The Labute approximate surface area is 112 Å². The molecule has 0 aliphatic carbocycles. The topological polar surface area (TPSA) is 23.5 Å². The van der Waals surface area contributed by atoms with Crippen molar-refractivity contribution in [3.8, 4) is 0 Å². The summed E-state index contributed by atoms with van der Waals surface area (Å²) >= 11 is 0. The van der Waals surface area contributed by atoms with Gasteiger partial charge in [0.05, 0.1) is 12.6 Å². The number of nitrogens with zero attached hydrogens (tertiary/aromatic N) is 1. The molecule has 102 valence electrons. The van der Waals surface area contributed by atoms with E-state index < -0.39 is 0 Å². The van der Waals surface area contributed by atoms with Gasteiger partial charge in [0.1, 0.15) is 0 Å². The molecule has 1 aromatic rings. The molecule has 0 aliphatic rings. The van der Waals surface area contributed by atoms with Gasteiger partial charge in [0.2, 0.25) is 0 Å². The number of anilines is 1. The molecule has 1 rings (SSSR count). The monoisotopic (exact) mass is 249 g/mol. The second-order valence-corrected chi connectivity index (χ2v) is 5.81. The van der Waals surface area contributed by atoms with E-state index >= 15 is 0 Å². The molecule has 0 bridgehead atoms. The molecule has 0 saturated heterocycles. The Morgan fingerprint density at radius 3 is 2.22 bits per heavy atom. The zero-order valence-electron chi connectivity index (χ0n) is 12.6. The van der Waals surface area contributed by atoms with Crippen LogP contribution in [-0.2, 0) is 0 Å². The summed E-state index contributed by atoms with van der Waals surface area (Å²) in [7, 11) is 2.08. The van der Waals surface area contributed by atoms with E-state index in [0.717, 1.165) is 0 Å². The fraction of sp³-hybridized carbons (Fsp3) is 0.625. The number of aliphatic hydroxyl groups is 1. The lowest BCUT2D eigenvalue weighted by Gasteiger charge is -2.33. The molecule has 0 amide bonds. The number of aliphatic hydroxyl groups excluding tert-OH is 1. The van der Waals surface area contributed by atoms with Gasteiger partial charge >= 0.3 is 0 Å². The van der Waals surface area contributed by atoms with Crippen molar-refractivity contribution in [2.75, 3.05) is 18.6 Å². The molecule has 1 unspecified atom stereocenters. The molecule has 0 heterocycles. The average molecular weight is 249 g/mol. The first-order valence-corrected chi connectivity index (χ1v) is 6.82. The van der Waals surface area contributed by atoms with E-state index in [-0.39, 0.29) is 12.6 Å². The predicted octanol–water partition coefficient (Wildman–Crippen LogP) is 3.57. The predicted molar refractivity (Wildman–Crippen MR) is 79.4 cm³/mol. The van der Waals surface area contributed by atoms with Crippen molar-refractivity contribution in [3.05, 3.63) is 29.3 Å². The largest absolute Gasteiger partial charge is 0.394 e. The van der Waals surface area contributed by atoms with E-state index in [1.165, 1.54) is 16.8 Å². The molecule has 0 fully saturated rings. The van der Waals surface area contributed by atoms with Crippen molar-refractivity contribution in [2.45, 2.75) is 46.6 Å². The van der Waals surface area contributed by atoms with Gasteiger partial charge in [-0.15, -0.1) is 0 Å². The molecule has 2 heteroatoms.